The summed E-state index contributed by atoms with van der Waals surface area (Å²) in [4.78, 5) is 40.0. The standard InChI is InChI=1S/C25H15F2NO5/c1-32-25(31)14-4-2-13(3-5-14)21-20-22(29)18-12-16(27)8-11-19(18)33-23(20)24(30)28(21)17-9-6-15(26)7-10-17/h2-12,21H,1H3. The lowest BCUT2D eigenvalue weighted by atomic mass is 9.97. The molecule has 0 spiro atoms. The van der Waals surface area contributed by atoms with Gasteiger partial charge in [-0.05, 0) is 60.2 Å². The molecule has 3 aromatic carbocycles. The Morgan fingerprint density at radius 3 is 2.27 bits per heavy atom. The van der Waals surface area contributed by atoms with Crippen molar-refractivity contribution in [2.75, 3.05) is 12.0 Å². The number of halogens is 2. The van der Waals surface area contributed by atoms with Gasteiger partial charge in [0.2, 0.25) is 5.76 Å². The molecule has 0 radical (unpaired) electrons. The number of fused-ring (bicyclic) bond motifs is 2. The second-order valence-corrected chi connectivity index (χ2v) is 7.48. The van der Waals surface area contributed by atoms with Gasteiger partial charge in [-0.25, -0.2) is 13.6 Å². The van der Waals surface area contributed by atoms with Crippen LogP contribution in [0.5, 0.6) is 0 Å². The van der Waals surface area contributed by atoms with Gasteiger partial charge in [-0.2, -0.15) is 0 Å². The minimum Gasteiger partial charge on any atom is -0.465 e. The highest BCUT2D eigenvalue weighted by molar-refractivity contribution is 6.10. The van der Waals surface area contributed by atoms with E-state index in [-0.39, 0.29) is 27.9 Å². The van der Waals surface area contributed by atoms with Crippen molar-refractivity contribution in [3.63, 3.8) is 0 Å². The topological polar surface area (TPSA) is 76.8 Å². The van der Waals surface area contributed by atoms with Gasteiger partial charge in [0.25, 0.3) is 5.91 Å². The first-order chi connectivity index (χ1) is 15.9. The summed E-state index contributed by atoms with van der Waals surface area (Å²) in [6.07, 6.45) is 0. The number of rotatable bonds is 3. The molecule has 1 amide bonds. The molecule has 33 heavy (non-hydrogen) atoms. The second kappa shape index (κ2) is 7.67. The molecule has 8 heteroatoms. The third-order valence-electron chi connectivity index (χ3n) is 5.58. The first kappa shape index (κ1) is 20.6. The Labute approximate surface area is 185 Å². The normalized spacial score (nSPS) is 15.1. The predicted octanol–water partition coefficient (Wildman–Crippen LogP) is 4.61. The van der Waals surface area contributed by atoms with Gasteiger partial charge in [0.1, 0.15) is 17.2 Å². The molecular formula is C25H15F2NO5. The number of benzene rings is 3. The van der Waals surface area contributed by atoms with Crippen LogP contribution < -0.4 is 10.3 Å². The molecule has 0 fully saturated rings. The zero-order valence-corrected chi connectivity index (χ0v) is 17.2. The van der Waals surface area contributed by atoms with Crippen molar-refractivity contribution < 1.29 is 27.5 Å². The molecule has 1 aliphatic rings. The van der Waals surface area contributed by atoms with Gasteiger partial charge in [0.15, 0.2) is 5.43 Å². The summed E-state index contributed by atoms with van der Waals surface area (Å²) >= 11 is 0. The first-order valence-electron chi connectivity index (χ1n) is 9.92. The fourth-order valence-electron chi connectivity index (χ4n) is 4.05. The summed E-state index contributed by atoms with van der Waals surface area (Å²) in [6.45, 7) is 0. The van der Waals surface area contributed by atoms with Crippen LogP contribution in [0.3, 0.4) is 0 Å². The molecule has 1 unspecified atom stereocenters. The van der Waals surface area contributed by atoms with Crippen molar-refractivity contribution in [3.05, 3.63) is 111 Å². The Bertz CT molecular complexity index is 1480. The molecule has 4 aromatic rings. The van der Waals surface area contributed by atoms with Gasteiger partial charge in [-0.15, -0.1) is 0 Å². The van der Waals surface area contributed by atoms with Crippen LogP contribution in [0.15, 0.2) is 75.9 Å². The minimum absolute atomic E-state index is 0.00122. The van der Waals surface area contributed by atoms with Crippen LogP contribution in [0.4, 0.5) is 14.5 Å². The number of hydrogen-bond acceptors (Lipinski definition) is 5. The van der Waals surface area contributed by atoms with Gasteiger partial charge >= 0.3 is 5.97 Å². The lowest BCUT2D eigenvalue weighted by molar-refractivity contribution is 0.0600. The summed E-state index contributed by atoms with van der Waals surface area (Å²) in [5.74, 6) is -2.42. The monoisotopic (exact) mass is 447 g/mol. The molecule has 1 aromatic heterocycles. The maximum Gasteiger partial charge on any atom is 0.337 e. The van der Waals surface area contributed by atoms with E-state index in [0.29, 0.717) is 11.3 Å². The molecule has 6 nitrogen and oxygen atoms in total. The van der Waals surface area contributed by atoms with E-state index < -0.39 is 35.0 Å². The molecule has 0 aliphatic carbocycles. The predicted molar refractivity (Wildman–Crippen MR) is 115 cm³/mol. The molecule has 2 heterocycles. The zero-order chi connectivity index (χ0) is 23.3. The minimum atomic E-state index is -0.937. The third kappa shape index (κ3) is 3.27. The lowest BCUT2D eigenvalue weighted by Crippen LogP contribution is -2.29. The molecule has 0 bridgehead atoms. The van der Waals surface area contributed by atoms with Crippen LogP contribution in [0.25, 0.3) is 11.0 Å². The van der Waals surface area contributed by atoms with Crippen LogP contribution in [-0.4, -0.2) is 19.0 Å². The Morgan fingerprint density at radius 2 is 1.61 bits per heavy atom. The van der Waals surface area contributed by atoms with E-state index >= 15 is 0 Å². The smallest absolute Gasteiger partial charge is 0.337 e. The van der Waals surface area contributed by atoms with Crippen molar-refractivity contribution in [3.8, 4) is 0 Å². The van der Waals surface area contributed by atoms with E-state index in [4.69, 9.17) is 9.15 Å². The fourth-order valence-corrected chi connectivity index (χ4v) is 4.05. The Kier molecular flexibility index (Phi) is 4.78. The van der Waals surface area contributed by atoms with E-state index in [0.717, 1.165) is 12.1 Å². The van der Waals surface area contributed by atoms with E-state index in [9.17, 15) is 23.2 Å². The zero-order valence-electron chi connectivity index (χ0n) is 17.2. The molecule has 0 saturated heterocycles. The van der Waals surface area contributed by atoms with Gasteiger partial charge < -0.3 is 9.15 Å². The number of hydrogen-bond donors (Lipinski definition) is 0. The van der Waals surface area contributed by atoms with Gasteiger partial charge in [0, 0.05) is 5.69 Å². The molecule has 0 N–H and O–H groups in total. The van der Waals surface area contributed by atoms with Gasteiger partial charge in [-0.3, -0.25) is 14.5 Å². The molecule has 1 atom stereocenters. The SMILES string of the molecule is COC(=O)c1ccc(C2c3c(oc4ccc(F)cc4c3=O)C(=O)N2c2ccc(F)cc2)cc1. The summed E-state index contributed by atoms with van der Waals surface area (Å²) in [7, 11) is 1.26. The lowest BCUT2D eigenvalue weighted by Gasteiger charge is -2.25. The summed E-state index contributed by atoms with van der Waals surface area (Å²) in [5.41, 5.74) is 0.687. The van der Waals surface area contributed by atoms with Crippen LogP contribution >= 0.6 is 0 Å². The number of carbonyl (C=O) groups is 2. The average molecular weight is 447 g/mol. The number of esters is 1. The number of amides is 1. The summed E-state index contributed by atoms with van der Waals surface area (Å²) < 4.78 is 37.9. The third-order valence-corrected chi connectivity index (χ3v) is 5.58. The largest absolute Gasteiger partial charge is 0.465 e. The molecule has 5 rings (SSSR count). The Hall–Kier alpha value is -4.33. The van der Waals surface area contributed by atoms with Gasteiger partial charge in [-0.1, -0.05) is 12.1 Å². The van der Waals surface area contributed by atoms with Crippen molar-refractivity contribution in [2.45, 2.75) is 6.04 Å². The highest BCUT2D eigenvalue weighted by Crippen LogP contribution is 2.41. The average Bonchev–Trinajstić information content (AvgIpc) is 3.12. The number of carbonyl (C=O) groups excluding carboxylic acids is 2. The Morgan fingerprint density at radius 1 is 0.939 bits per heavy atom. The van der Waals surface area contributed by atoms with Crippen LogP contribution in [0.1, 0.15) is 38.1 Å². The van der Waals surface area contributed by atoms with Crippen molar-refractivity contribution in [2.24, 2.45) is 0 Å². The quantitative estimate of drug-likeness (QED) is 0.429. The van der Waals surface area contributed by atoms with E-state index in [1.807, 2.05) is 0 Å². The van der Waals surface area contributed by atoms with E-state index in [1.54, 1.807) is 12.1 Å². The van der Waals surface area contributed by atoms with Crippen LogP contribution in [-0.2, 0) is 4.74 Å². The number of methoxy groups -OCH3 is 1. The molecule has 164 valence electrons. The first-order valence-corrected chi connectivity index (χ1v) is 9.92. The number of anilines is 1. The highest BCUT2D eigenvalue weighted by atomic mass is 19.1. The summed E-state index contributed by atoms with van der Waals surface area (Å²) in [5, 5.41) is -0.00122. The maximum absolute atomic E-state index is 13.9. The number of ether oxygens (including phenoxy) is 1. The second-order valence-electron chi connectivity index (χ2n) is 7.48. The van der Waals surface area contributed by atoms with Crippen molar-refractivity contribution >= 4 is 28.5 Å². The van der Waals surface area contributed by atoms with Crippen LogP contribution in [0.2, 0.25) is 0 Å². The highest BCUT2D eigenvalue weighted by Gasteiger charge is 2.43. The van der Waals surface area contributed by atoms with E-state index in [1.165, 1.54) is 54.5 Å². The van der Waals surface area contributed by atoms with Crippen molar-refractivity contribution in [1.29, 1.82) is 0 Å². The summed E-state index contributed by atoms with van der Waals surface area (Å²) in [6, 6.07) is 14.0. The van der Waals surface area contributed by atoms with Gasteiger partial charge in [0.05, 0.1) is 29.7 Å². The molecular weight excluding hydrogens is 432 g/mol. The number of nitrogens with zero attached hydrogens (tertiary/aromatic N) is 1. The van der Waals surface area contributed by atoms with Crippen molar-refractivity contribution in [1.82, 2.24) is 0 Å². The maximum atomic E-state index is 13.9. The van der Waals surface area contributed by atoms with Crippen LogP contribution in [0, 0.1) is 11.6 Å². The molecule has 1 aliphatic heterocycles. The Balaban J connectivity index is 1.76. The molecule has 0 saturated carbocycles. The van der Waals surface area contributed by atoms with E-state index in [2.05, 4.69) is 0 Å². The fraction of sp³-hybridized carbons (Fsp3) is 0.0800.